The summed E-state index contributed by atoms with van der Waals surface area (Å²) in [6.45, 7) is 3.01. The van der Waals surface area contributed by atoms with Gasteiger partial charge < -0.3 is 15.0 Å². The van der Waals surface area contributed by atoms with Gasteiger partial charge in [-0.05, 0) is 74.7 Å². The van der Waals surface area contributed by atoms with Crippen molar-refractivity contribution >= 4 is 50.7 Å². The number of halogens is 2. The summed E-state index contributed by atoms with van der Waals surface area (Å²) in [5, 5.41) is 3.49. The van der Waals surface area contributed by atoms with Crippen molar-refractivity contribution in [1.82, 2.24) is 10.2 Å². The predicted octanol–water partition coefficient (Wildman–Crippen LogP) is 6.37. The lowest BCUT2D eigenvalue weighted by Gasteiger charge is -2.33. The maximum absolute atomic E-state index is 14.2. The average Bonchev–Trinajstić information content (AvgIpc) is 3.00. The zero-order valence-electron chi connectivity index (χ0n) is 24.6. The Labute approximate surface area is 264 Å². The molecule has 0 aromatic heterocycles. The third-order valence-corrected chi connectivity index (χ3v) is 10.2. The van der Waals surface area contributed by atoms with Gasteiger partial charge in [-0.3, -0.25) is 13.9 Å². The molecule has 1 aliphatic rings. The van der Waals surface area contributed by atoms with E-state index in [4.69, 9.17) is 27.9 Å². The van der Waals surface area contributed by atoms with Gasteiger partial charge in [0.1, 0.15) is 18.3 Å². The fourth-order valence-corrected chi connectivity index (χ4v) is 6.82. The van der Waals surface area contributed by atoms with Crippen LogP contribution in [0.4, 0.5) is 5.69 Å². The molecule has 1 atom stereocenters. The lowest BCUT2D eigenvalue weighted by Crippen LogP contribution is -2.53. The molecule has 43 heavy (non-hydrogen) atoms. The number of methoxy groups -OCH3 is 1. The minimum Gasteiger partial charge on any atom is -0.497 e. The van der Waals surface area contributed by atoms with Crippen molar-refractivity contribution in [2.45, 2.75) is 69.5 Å². The molecule has 0 heterocycles. The van der Waals surface area contributed by atoms with Gasteiger partial charge in [-0.25, -0.2) is 8.42 Å². The highest BCUT2D eigenvalue weighted by Gasteiger charge is 2.33. The van der Waals surface area contributed by atoms with Gasteiger partial charge in [0.2, 0.25) is 11.8 Å². The number of aryl methyl sites for hydroxylation is 1. The van der Waals surface area contributed by atoms with Gasteiger partial charge in [0.25, 0.3) is 10.0 Å². The van der Waals surface area contributed by atoms with Gasteiger partial charge in [0.05, 0.1) is 27.7 Å². The number of carbonyl (C=O) groups is 2. The van der Waals surface area contributed by atoms with Crippen LogP contribution >= 0.6 is 23.2 Å². The van der Waals surface area contributed by atoms with Crippen LogP contribution in [0.1, 0.15) is 50.2 Å². The highest BCUT2D eigenvalue weighted by Crippen LogP contribution is 2.31. The monoisotopic (exact) mass is 645 g/mol. The third-order valence-electron chi connectivity index (χ3n) is 7.68. The van der Waals surface area contributed by atoms with Gasteiger partial charge >= 0.3 is 0 Å². The lowest BCUT2D eigenvalue weighted by atomic mass is 9.95. The first-order valence-electron chi connectivity index (χ1n) is 14.3. The van der Waals surface area contributed by atoms with Crippen LogP contribution < -0.4 is 14.4 Å². The second-order valence-corrected chi connectivity index (χ2v) is 13.5. The molecule has 2 amide bonds. The van der Waals surface area contributed by atoms with E-state index in [1.807, 2.05) is 13.0 Å². The predicted molar refractivity (Wildman–Crippen MR) is 170 cm³/mol. The second kappa shape index (κ2) is 14.5. The Morgan fingerprint density at radius 1 is 0.977 bits per heavy atom. The molecule has 0 radical (unpaired) electrons. The molecule has 0 saturated heterocycles. The minimum absolute atomic E-state index is 0.0133. The van der Waals surface area contributed by atoms with E-state index < -0.39 is 28.5 Å². The van der Waals surface area contributed by atoms with E-state index in [1.54, 1.807) is 44.4 Å². The first-order valence-corrected chi connectivity index (χ1v) is 16.5. The zero-order chi connectivity index (χ0) is 31.1. The van der Waals surface area contributed by atoms with Crippen molar-refractivity contribution in [3.8, 4) is 5.75 Å². The molecule has 11 heteroatoms. The van der Waals surface area contributed by atoms with E-state index in [-0.39, 0.29) is 39.1 Å². The Morgan fingerprint density at radius 3 is 2.33 bits per heavy atom. The smallest absolute Gasteiger partial charge is 0.264 e. The topological polar surface area (TPSA) is 96.0 Å². The standard InChI is InChI=1S/C32H37Cl2N3O5S/c1-22-12-15-28(16-13-22)43(40,41)37(26-14-17-29(33)30(34)19-26)21-31(38)36(20-24-8-7-11-27(18-24)42-3)23(2)32(39)35-25-9-5-4-6-10-25/h7-8,11-19,23,25H,4-6,9-10,20-21H2,1-3H3,(H,35,39). The number of benzene rings is 3. The molecule has 0 aliphatic heterocycles. The zero-order valence-corrected chi connectivity index (χ0v) is 26.9. The molecule has 1 N–H and O–H groups in total. The molecule has 230 valence electrons. The molecule has 1 unspecified atom stereocenters. The molecule has 8 nitrogen and oxygen atoms in total. The van der Waals surface area contributed by atoms with E-state index in [9.17, 15) is 18.0 Å². The van der Waals surface area contributed by atoms with Crippen molar-refractivity contribution in [1.29, 1.82) is 0 Å². The maximum atomic E-state index is 14.2. The number of hydrogen-bond donors (Lipinski definition) is 1. The molecule has 4 rings (SSSR count). The largest absolute Gasteiger partial charge is 0.497 e. The van der Waals surface area contributed by atoms with Crippen LogP contribution in [0.15, 0.2) is 71.6 Å². The quantitative estimate of drug-likeness (QED) is 0.261. The van der Waals surface area contributed by atoms with Crippen LogP contribution in [-0.4, -0.2) is 50.9 Å². The average molecular weight is 647 g/mol. The van der Waals surface area contributed by atoms with E-state index in [0.717, 1.165) is 47.5 Å². The van der Waals surface area contributed by atoms with E-state index in [1.165, 1.54) is 35.2 Å². The fraction of sp³-hybridized carbons (Fsp3) is 0.375. The van der Waals surface area contributed by atoms with Crippen LogP contribution in [0.3, 0.4) is 0 Å². The molecular weight excluding hydrogens is 609 g/mol. The number of amides is 2. The minimum atomic E-state index is -4.22. The summed E-state index contributed by atoms with van der Waals surface area (Å²) in [4.78, 5) is 29.0. The highest BCUT2D eigenvalue weighted by molar-refractivity contribution is 7.92. The number of carbonyl (C=O) groups excluding carboxylic acids is 2. The summed E-state index contributed by atoms with van der Waals surface area (Å²) in [5.41, 5.74) is 1.79. The Bertz CT molecular complexity index is 1540. The second-order valence-electron chi connectivity index (χ2n) is 10.8. The number of rotatable bonds is 11. The van der Waals surface area contributed by atoms with Crippen molar-refractivity contribution in [2.75, 3.05) is 18.0 Å². The molecule has 0 spiro atoms. The number of nitrogens with zero attached hydrogens (tertiary/aromatic N) is 2. The maximum Gasteiger partial charge on any atom is 0.264 e. The van der Waals surface area contributed by atoms with Gasteiger partial charge in [0, 0.05) is 12.6 Å². The van der Waals surface area contributed by atoms with Gasteiger partial charge in [-0.2, -0.15) is 0 Å². The summed E-state index contributed by atoms with van der Waals surface area (Å²) in [7, 11) is -2.67. The summed E-state index contributed by atoms with van der Waals surface area (Å²) < 4.78 is 34.3. The van der Waals surface area contributed by atoms with Crippen LogP contribution in [0.2, 0.25) is 10.0 Å². The Hall–Kier alpha value is -3.27. The Morgan fingerprint density at radius 2 is 1.67 bits per heavy atom. The van der Waals surface area contributed by atoms with E-state index in [0.29, 0.717) is 5.75 Å². The normalized spacial score (nSPS) is 14.5. The fourth-order valence-electron chi connectivity index (χ4n) is 5.13. The van der Waals surface area contributed by atoms with Crippen LogP contribution in [-0.2, 0) is 26.2 Å². The Balaban J connectivity index is 1.70. The number of ether oxygens (including phenoxy) is 1. The van der Waals surface area contributed by atoms with Gasteiger partial charge in [0.15, 0.2) is 0 Å². The molecule has 3 aromatic rings. The number of nitrogens with one attached hydrogen (secondary N) is 1. The number of anilines is 1. The molecule has 3 aromatic carbocycles. The lowest BCUT2D eigenvalue weighted by molar-refractivity contribution is -0.139. The van der Waals surface area contributed by atoms with Crippen molar-refractivity contribution in [2.24, 2.45) is 0 Å². The molecule has 1 aliphatic carbocycles. The van der Waals surface area contributed by atoms with Crippen LogP contribution in [0.25, 0.3) is 0 Å². The van der Waals surface area contributed by atoms with Gasteiger partial charge in [-0.1, -0.05) is 72.3 Å². The third kappa shape index (κ3) is 8.22. The first-order chi connectivity index (χ1) is 20.5. The molecule has 1 saturated carbocycles. The summed E-state index contributed by atoms with van der Waals surface area (Å²) in [5.74, 6) is -0.245. The SMILES string of the molecule is COc1cccc(CN(C(=O)CN(c2ccc(Cl)c(Cl)c2)S(=O)(=O)c2ccc(C)cc2)C(C)C(=O)NC2CCCCC2)c1. The number of hydrogen-bond acceptors (Lipinski definition) is 5. The van der Waals surface area contributed by atoms with Crippen molar-refractivity contribution in [3.05, 3.63) is 87.9 Å². The molecular formula is C32H37Cl2N3O5S. The van der Waals surface area contributed by atoms with Crippen LogP contribution in [0, 0.1) is 6.92 Å². The number of sulfonamides is 1. The summed E-state index contributed by atoms with van der Waals surface area (Å²) in [6, 6.07) is 17.1. The summed E-state index contributed by atoms with van der Waals surface area (Å²) in [6.07, 6.45) is 5.01. The summed E-state index contributed by atoms with van der Waals surface area (Å²) >= 11 is 12.4. The van der Waals surface area contributed by atoms with Crippen molar-refractivity contribution in [3.63, 3.8) is 0 Å². The molecule has 0 bridgehead atoms. The van der Waals surface area contributed by atoms with E-state index in [2.05, 4.69) is 5.32 Å². The Kier molecular flexibility index (Phi) is 11.0. The van der Waals surface area contributed by atoms with Gasteiger partial charge in [-0.15, -0.1) is 0 Å². The first kappa shape index (κ1) is 32.6. The van der Waals surface area contributed by atoms with Crippen molar-refractivity contribution < 1.29 is 22.7 Å². The van der Waals surface area contributed by atoms with E-state index >= 15 is 0 Å². The molecule has 1 fully saturated rings. The highest BCUT2D eigenvalue weighted by atomic mass is 35.5. The van der Waals surface area contributed by atoms with Crippen LogP contribution in [0.5, 0.6) is 5.75 Å².